The number of ether oxygens (including phenoxy) is 1. The Balaban J connectivity index is 1.73. The molecule has 134 valence electrons. The van der Waals surface area contributed by atoms with Crippen LogP contribution in [0.4, 0.5) is 10.6 Å². The van der Waals surface area contributed by atoms with Crippen molar-refractivity contribution in [2.75, 3.05) is 18.4 Å². The number of halogens is 1. The Labute approximate surface area is 151 Å². The number of aromatic nitrogens is 3. The maximum atomic E-state index is 12.3. The van der Waals surface area contributed by atoms with Crippen molar-refractivity contribution in [3.8, 4) is 0 Å². The molecule has 1 fully saturated rings. The van der Waals surface area contributed by atoms with Gasteiger partial charge in [0.15, 0.2) is 11.0 Å². The molecule has 7 nitrogen and oxygen atoms in total. The zero-order valence-corrected chi connectivity index (χ0v) is 15.4. The Kier molecular flexibility index (Phi) is 4.94. The van der Waals surface area contributed by atoms with Crippen LogP contribution in [0.3, 0.4) is 0 Å². The molecule has 1 aliphatic rings. The molecule has 8 heteroatoms. The van der Waals surface area contributed by atoms with Crippen molar-refractivity contribution < 1.29 is 9.53 Å². The molecule has 2 aromatic rings. The van der Waals surface area contributed by atoms with E-state index in [4.69, 9.17) is 16.3 Å². The zero-order valence-electron chi connectivity index (χ0n) is 14.6. The van der Waals surface area contributed by atoms with E-state index in [0.717, 1.165) is 23.6 Å². The van der Waals surface area contributed by atoms with Crippen LogP contribution in [-0.2, 0) is 4.74 Å². The van der Waals surface area contributed by atoms with E-state index in [9.17, 15) is 4.79 Å². The van der Waals surface area contributed by atoms with E-state index in [-0.39, 0.29) is 12.1 Å². The monoisotopic (exact) mass is 363 g/mol. The summed E-state index contributed by atoms with van der Waals surface area (Å²) in [5.41, 5.74) is -0.499. The van der Waals surface area contributed by atoms with E-state index in [1.54, 1.807) is 17.3 Å². The number of amides is 1. The molecule has 1 saturated heterocycles. The maximum Gasteiger partial charge on any atom is 0.410 e. The van der Waals surface area contributed by atoms with Crippen LogP contribution in [0, 0.1) is 0 Å². The van der Waals surface area contributed by atoms with Gasteiger partial charge in [0.2, 0.25) is 0 Å². The lowest BCUT2D eigenvalue weighted by atomic mass is 10.1. The fraction of sp³-hybridized carbons (Fsp3) is 0.529. The Morgan fingerprint density at radius 1 is 1.36 bits per heavy atom. The van der Waals surface area contributed by atoms with Crippen LogP contribution in [0.5, 0.6) is 0 Å². The largest absolute Gasteiger partial charge is 0.444 e. The molecule has 0 aliphatic carbocycles. The Morgan fingerprint density at radius 3 is 2.92 bits per heavy atom. The minimum atomic E-state index is -0.499. The lowest BCUT2D eigenvalue weighted by Crippen LogP contribution is -2.47. The summed E-state index contributed by atoms with van der Waals surface area (Å²) in [6, 6.07) is 1.88. The average molecular weight is 364 g/mol. The summed E-state index contributed by atoms with van der Waals surface area (Å²) < 4.78 is 5.47. The number of piperidine rings is 1. The molecule has 25 heavy (non-hydrogen) atoms. The van der Waals surface area contributed by atoms with Gasteiger partial charge in [-0.2, -0.15) is 0 Å². The third-order valence-electron chi connectivity index (χ3n) is 3.95. The van der Waals surface area contributed by atoms with Gasteiger partial charge in [-0.3, -0.25) is 4.98 Å². The van der Waals surface area contributed by atoms with E-state index in [0.29, 0.717) is 24.1 Å². The highest BCUT2D eigenvalue weighted by Gasteiger charge is 2.28. The van der Waals surface area contributed by atoms with Gasteiger partial charge < -0.3 is 15.0 Å². The molecule has 1 amide bonds. The summed E-state index contributed by atoms with van der Waals surface area (Å²) >= 11 is 6.10. The summed E-state index contributed by atoms with van der Waals surface area (Å²) in [5, 5.41) is 13.5. The summed E-state index contributed by atoms with van der Waals surface area (Å²) in [5.74, 6) is 0.628. The van der Waals surface area contributed by atoms with Gasteiger partial charge in [-0.1, -0.05) is 11.6 Å². The number of hydrogen-bond donors (Lipinski definition) is 1. The van der Waals surface area contributed by atoms with Crippen molar-refractivity contribution in [2.24, 2.45) is 0 Å². The molecule has 0 spiro atoms. The van der Waals surface area contributed by atoms with Gasteiger partial charge in [-0.25, -0.2) is 4.79 Å². The number of likely N-dealkylation sites (tertiary alicyclic amines) is 1. The lowest BCUT2D eigenvalue weighted by molar-refractivity contribution is 0.0206. The molecule has 2 aromatic heterocycles. The summed E-state index contributed by atoms with van der Waals surface area (Å²) in [7, 11) is 0. The Bertz CT molecular complexity index is 777. The van der Waals surface area contributed by atoms with Gasteiger partial charge in [0.1, 0.15) is 5.60 Å². The molecule has 0 radical (unpaired) electrons. The second kappa shape index (κ2) is 7.00. The highest BCUT2D eigenvalue weighted by atomic mass is 35.5. The summed E-state index contributed by atoms with van der Waals surface area (Å²) in [6.07, 6.45) is 4.93. The van der Waals surface area contributed by atoms with Crippen LogP contribution in [0.15, 0.2) is 18.5 Å². The number of anilines is 1. The third kappa shape index (κ3) is 4.28. The highest BCUT2D eigenvalue weighted by Crippen LogP contribution is 2.26. The van der Waals surface area contributed by atoms with Gasteiger partial charge in [-0.05, 0) is 39.7 Å². The van der Waals surface area contributed by atoms with Crippen molar-refractivity contribution >= 4 is 34.3 Å². The number of hydrogen-bond acceptors (Lipinski definition) is 6. The highest BCUT2D eigenvalue weighted by molar-refractivity contribution is 6.34. The van der Waals surface area contributed by atoms with E-state index in [1.807, 2.05) is 26.8 Å². The molecule has 0 aromatic carbocycles. The molecular weight excluding hydrogens is 342 g/mol. The fourth-order valence-corrected chi connectivity index (χ4v) is 3.05. The molecule has 1 atom stereocenters. The second-order valence-corrected chi connectivity index (χ2v) is 7.53. The average Bonchev–Trinajstić information content (AvgIpc) is 2.56. The normalized spacial score (nSPS) is 18.2. The second-order valence-electron chi connectivity index (χ2n) is 7.17. The van der Waals surface area contributed by atoms with E-state index in [1.165, 1.54) is 0 Å². The quantitative estimate of drug-likeness (QED) is 0.879. The maximum absolute atomic E-state index is 12.3. The summed E-state index contributed by atoms with van der Waals surface area (Å²) in [6.45, 7) is 6.86. The van der Waals surface area contributed by atoms with E-state index >= 15 is 0 Å². The fourth-order valence-electron chi connectivity index (χ4n) is 2.85. The first-order chi connectivity index (χ1) is 11.8. The minimum Gasteiger partial charge on any atom is -0.444 e. The van der Waals surface area contributed by atoms with Gasteiger partial charge in [-0.15, -0.1) is 10.2 Å². The van der Waals surface area contributed by atoms with Gasteiger partial charge in [0.25, 0.3) is 0 Å². The van der Waals surface area contributed by atoms with Crippen LogP contribution in [0.1, 0.15) is 33.6 Å². The first-order valence-corrected chi connectivity index (χ1v) is 8.71. The van der Waals surface area contributed by atoms with Gasteiger partial charge >= 0.3 is 6.09 Å². The predicted molar refractivity (Wildman–Crippen MR) is 96.8 cm³/mol. The molecule has 1 N–H and O–H groups in total. The number of pyridine rings is 1. The number of fused-ring (bicyclic) bond motifs is 1. The predicted octanol–water partition coefficient (Wildman–Crippen LogP) is 3.49. The molecular formula is C17H22ClN5O2. The molecule has 0 saturated carbocycles. The van der Waals surface area contributed by atoms with E-state index < -0.39 is 5.60 Å². The topological polar surface area (TPSA) is 80.2 Å². The van der Waals surface area contributed by atoms with Crippen LogP contribution in [-0.4, -0.2) is 50.9 Å². The first-order valence-electron chi connectivity index (χ1n) is 8.34. The van der Waals surface area contributed by atoms with Crippen molar-refractivity contribution in [3.63, 3.8) is 0 Å². The molecule has 1 aliphatic heterocycles. The SMILES string of the molecule is CC(C)(C)OC(=O)N1CCCC(Nc2nnc(Cl)c3ccncc23)C1. The zero-order chi connectivity index (χ0) is 18.0. The Morgan fingerprint density at radius 2 is 2.16 bits per heavy atom. The molecule has 3 rings (SSSR count). The minimum absolute atomic E-state index is 0.0696. The number of nitrogens with zero attached hydrogens (tertiary/aromatic N) is 4. The standard InChI is InChI=1S/C17H22ClN5O2/c1-17(2,3)25-16(24)23-8-4-5-11(10-23)20-15-13-9-19-7-6-12(13)14(18)21-22-15/h6-7,9,11H,4-5,8,10H2,1-3H3,(H,20,22). The first kappa shape index (κ1) is 17.7. The molecule has 3 heterocycles. The number of nitrogens with one attached hydrogen (secondary N) is 1. The van der Waals surface area contributed by atoms with Crippen LogP contribution in [0.2, 0.25) is 5.15 Å². The number of carbonyl (C=O) groups is 1. The van der Waals surface area contributed by atoms with Crippen molar-refractivity contribution in [1.29, 1.82) is 0 Å². The smallest absolute Gasteiger partial charge is 0.410 e. The van der Waals surface area contributed by atoms with Crippen LogP contribution >= 0.6 is 11.6 Å². The lowest BCUT2D eigenvalue weighted by Gasteiger charge is -2.34. The Hall–Kier alpha value is -2.15. The number of rotatable bonds is 2. The molecule has 1 unspecified atom stereocenters. The van der Waals surface area contributed by atoms with Crippen molar-refractivity contribution in [1.82, 2.24) is 20.1 Å². The van der Waals surface area contributed by atoms with Crippen molar-refractivity contribution in [2.45, 2.75) is 45.3 Å². The van der Waals surface area contributed by atoms with Crippen LogP contribution < -0.4 is 5.32 Å². The van der Waals surface area contributed by atoms with Gasteiger partial charge in [0, 0.05) is 42.3 Å². The molecule has 0 bridgehead atoms. The third-order valence-corrected chi connectivity index (χ3v) is 4.23. The summed E-state index contributed by atoms with van der Waals surface area (Å²) in [4.78, 5) is 18.2. The van der Waals surface area contributed by atoms with Crippen molar-refractivity contribution in [3.05, 3.63) is 23.6 Å². The number of carbonyl (C=O) groups excluding carboxylic acids is 1. The van der Waals surface area contributed by atoms with Gasteiger partial charge in [0.05, 0.1) is 0 Å². The van der Waals surface area contributed by atoms with E-state index in [2.05, 4.69) is 20.5 Å². The van der Waals surface area contributed by atoms with Crippen LogP contribution in [0.25, 0.3) is 10.8 Å².